The fourth-order valence-corrected chi connectivity index (χ4v) is 4.48. The van der Waals surface area contributed by atoms with Crippen LogP contribution in [-0.2, 0) is 11.7 Å². The fourth-order valence-electron chi connectivity index (χ4n) is 4.48. The molecule has 9 heteroatoms. The first-order valence-corrected chi connectivity index (χ1v) is 10.4. The van der Waals surface area contributed by atoms with Crippen molar-refractivity contribution >= 4 is 16.7 Å². The number of aryl methyl sites for hydroxylation is 2. The summed E-state index contributed by atoms with van der Waals surface area (Å²) in [6, 6.07) is 4.95. The maximum Gasteiger partial charge on any atom is 0.416 e. The molecule has 1 atom stereocenters. The van der Waals surface area contributed by atoms with Crippen LogP contribution >= 0.6 is 0 Å². The van der Waals surface area contributed by atoms with E-state index in [1.165, 1.54) is 23.6 Å². The van der Waals surface area contributed by atoms with Gasteiger partial charge < -0.3 is 9.88 Å². The van der Waals surface area contributed by atoms with Crippen LogP contribution < -0.4 is 10.9 Å². The molecule has 0 spiro atoms. The van der Waals surface area contributed by atoms with Gasteiger partial charge in [-0.3, -0.25) is 4.79 Å². The third-order valence-corrected chi connectivity index (χ3v) is 6.28. The number of aromatic nitrogens is 3. The van der Waals surface area contributed by atoms with E-state index in [-0.39, 0.29) is 11.1 Å². The molecule has 0 aliphatic heterocycles. The first kappa shape index (κ1) is 22.2. The molecular formula is C23H24F4N4O. The van der Waals surface area contributed by atoms with Gasteiger partial charge >= 0.3 is 6.18 Å². The van der Waals surface area contributed by atoms with Gasteiger partial charge in [0.2, 0.25) is 0 Å². The van der Waals surface area contributed by atoms with E-state index in [1.54, 1.807) is 26.8 Å². The van der Waals surface area contributed by atoms with E-state index in [4.69, 9.17) is 0 Å². The maximum atomic E-state index is 13.8. The molecule has 1 aromatic carbocycles. The molecule has 1 fully saturated rings. The van der Waals surface area contributed by atoms with Gasteiger partial charge in [-0.25, -0.2) is 14.4 Å². The number of hydrogen-bond acceptors (Lipinski definition) is 4. The zero-order valence-electron chi connectivity index (χ0n) is 18.3. The Bertz CT molecular complexity index is 1260. The summed E-state index contributed by atoms with van der Waals surface area (Å²) in [7, 11) is 0. The molecule has 0 amide bonds. The standard InChI is InChI=1S/C23H24F4N4O/c1-12-16(6-5-7-17(12)23(25,26)27)13(2)28-21-20-14(3)31(22(11-24)8-9-22)19(32)10-18(20)29-15(4)30-21/h5-7,10,13H,8-9,11H2,1-4H3,(H,28,29,30)/t13-/m1/s1. The number of alkyl halides is 4. The molecule has 32 heavy (non-hydrogen) atoms. The number of rotatable bonds is 5. The van der Waals surface area contributed by atoms with Crippen molar-refractivity contribution < 1.29 is 17.6 Å². The number of hydrogen-bond donors (Lipinski definition) is 1. The topological polar surface area (TPSA) is 59.8 Å². The second-order valence-electron chi connectivity index (χ2n) is 8.52. The van der Waals surface area contributed by atoms with Gasteiger partial charge in [0.15, 0.2) is 0 Å². The van der Waals surface area contributed by atoms with Crippen LogP contribution in [0, 0.1) is 20.8 Å². The molecule has 5 nitrogen and oxygen atoms in total. The Kier molecular flexibility index (Phi) is 5.26. The van der Waals surface area contributed by atoms with Crippen LogP contribution in [0.3, 0.4) is 0 Å². The molecule has 2 heterocycles. The van der Waals surface area contributed by atoms with E-state index in [2.05, 4.69) is 15.3 Å². The Balaban J connectivity index is 1.84. The number of pyridine rings is 1. The lowest BCUT2D eigenvalue weighted by molar-refractivity contribution is -0.138. The van der Waals surface area contributed by atoms with Crippen molar-refractivity contribution in [3.8, 4) is 0 Å². The van der Waals surface area contributed by atoms with Crippen LogP contribution in [-0.4, -0.2) is 21.2 Å². The summed E-state index contributed by atoms with van der Waals surface area (Å²) < 4.78 is 55.3. The molecule has 2 aromatic heterocycles. The lowest BCUT2D eigenvalue weighted by Gasteiger charge is -2.23. The summed E-state index contributed by atoms with van der Waals surface area (Å²) in [5, 5.41) is 3.77. The minimum atomic E-state index is -4.45. The van der Waals surface area contributed by atoms with Crippen molar-refractivity contribution in [1.29, 1.82) is 0 Å². The summed E-state index contributed by atoms with van der Waals surface area (Å²) in [4.78, 5) is 21.6. The Labute approximate surface area is 182 Å². The highest BCUT2D eigenvalue weighted by Crippen LogP contribution is 2.44. The number of benzene rings is 1. The molecule has 1 saturated carbocycles. The van der Waals surface area contributed by atoms with Gasteiger partial charge in [-0.05, 0) is 57.7 Å². The molecule has 1 N–H and O–H groups in total. The monoisotopic (exact) mass is 448 g/mol. The molecule has 0 unspecified atom stereocenters. The van der Waals surface area contributed by atoms with Crippen molar-refractivity contribution in [3.05, 3.63) is 62.8 Å². The number of anilines is 1. The van der Waals surface area contributed by atoms with Crippen LogP contribution in [0.15, 0.2) is 29.1 Å². The molecule has 0 radical (unpaired) electrons. The Morgan fingerprint density at radius 1 is 1.19 bits per heavy atom. The van der Waals surface area contributed by atoms with Crippen LogP contribution in [0.25, 0.3) is 10.9 Å². The third-order valence-electron chi connectivity index (χ3n) is 6.28. The first-order chi connectivity index (χ1) is 15.0. The number of fused-ring (bicyclic) bond motifs is 1. The van der Waals surface area contributed by atoms with E-state index in [1.807, 2.05) is 0 Å². The largest absolute Gasteiger partial charge is 0.416 e. The summed E-state index contributed by atoms with van der Waals surface area (Å²) in [5.74, 6) is 0.814. The minimum Gasteiger partial charge on any atom is -0.363 e. The average molecular weight is 448 g/mol. The van der Waals surface area contributed by atoms with Gasteiger partial charge in [0, 0.05) is 11.8 Å². The molecule has 0 saturated heterocycles. The predicted molar refractivity (Wildman–Crippen MR) is 115 cm³/mol. The van der Waals surface area contributed by atoms with Crippen LogP contribution in [0.1, 0.15) is 54.0 Å². The van der Waals surface area contributed by atoms with Crippen molar-refractivity contribution in [3.63, 3.8) is 0 Å². The summed E-state index contributed by atoms with van der Waals surface area (Å²) in [5.41, 5.74) is -0.261. The van der Waals surface area contributed by atoms with Crippen LogP contribution in [0.4, 0.5) is 23.4 Å². The molecular weight excluding hydrogens is 424 g/mol. The van der Waals surface area contributed by atoms with Gasteiger partial charge in [-0.2, -0.15) is 13.2 Å². The molecule has 0 bridgehead atoms. The highest BCUT2D eigenvalue weighted by atomic mass is 19.4. The Hall–Kier alpha value is -2.97. The van der Waals surface area contributed by atoms with Gasteiger partial charge in [-0.15, -0.1) is 0 Å². The van der Waals surface area contributed by atoms with E-state index in [9.17, 15) is 22.4 Å². The summed E-state index contributed by atoms with van der Waals surface area (Å²) in [6.07, 6.45) is -3.30. The van der Waals surface area contributed by atoms with Crippen LogP contribution in [0.5, 0.6) is 0 Å². The molecule has 4 rings (SSSR count). The maximum absolute atomic E-state index is 13.8. The highest BCUT2D eigenvalue weighted by Gasteiger charge is 2.46. The number of nitrogens with one attached hydrogen (secondary N) is 1. The summed E-state index contributed by atoms with van der Waals surface area (Å²) in [6.45, 7) is 5.95. The van der Waals surface area contributed by atoms with Crippen molar-refractivity contribution in [1.82, 2.24) is 14.5 Å². The molecule has 1 aliphatic rings. The number of nitrogens with zero attached hydrogens (tertiary/aromatic N) is 3. The van der Waals surface area contributed by atoms with Crippen molar-refractivity contribution in [2.24, 2.45) is 0 Å². The third kappa shape index (κ3) is 3.63. The molecule has 3 aromatic rings. The zero-order chi connectivity index (χ0) is 23.4. The second-order valence-corrected chi connectivity index (χ2v) is 8.52. The Morgan fingerprint density at radius 2 is 1.88 bits per heavy atom. The van der Waals surface area contributed by atoms with E-state index >= 15 is 0 Å². The quantitative estimate of drug-likeness (QED) is 0.534. The molecule has 1 aliphatic carbocycles. The average Bonchev–Trinajstić information content (AvgIpc) is 3.47. The smallest absolute Gasteiger partial charge is 0.363 e. The van der Waals surface area contributed by atoms with E-state index < -0.39 is 30.0 Å². The van der Waals surface area contributed by atoms with Gasteiger partial charge in [-0.1, -0.05) is 12.1 Å². The minimum absolute atomic E-state index is 0.137. The zero-order valence-corrected chi connectivity index (χ0v) is 18.3. The van der Waals surface area contributed by atoms with E-state index in [0.29, 0.717) is 46.6 Å². The van der Waals surface area contributed by atoms with Crippen molar-refractivity contribution in [2.45, 2.75) is 58.3 Å². The van der Waals surface area contributed by atoms with Crippen molar-refractivity contribution in [2.75, 3.05) is 12.0 Å². The number of halogens is 4. The Morgan fingerprint density at radius 3 is 2.47 bits per heavy atom. The normalized spacial score (nSPS) is 16.2. The van der Waals surface area contributed by atoms with E-state index in [0.717, 1.165) is 6.07 Å². The van der Waals surface area contributed by atoms with Gasteiger partial charge in [0.1, 0.15) is 18.3 Å². The second kappa shape index (κ2) is 7.56. The summed E-state index contributed by atoms with van der Waals surface area (Å²) >= 11 is 0. The lowest BCUT2D eigenvalue weighted by atomic mass is 9.97. The van der Waals surface area contributed by atoms with Gasteiger partial charge in [0.25, 0.3) is 5.56 Å². The molecule has 170 valence electrons. The van der Waals surface area contributed by atoms with Crippen LogP contribution in [0.2, 0.25) is 0 Å². The van der Waals surface area contributed by atoms with Gasteiger partial charge in [0.05, 0.1) is 28.0 Å². The fraction of sp³-hybridized carbons (Fsp3) is 0.435. The first-order valence-electron chi connectivity index (χ1n) is 10.4. The SMILES string of the molecule is Cc1nc(N[C@H](C)c2cccc(C(F)(F)F)c2C)c2c(C)n(C3(CF)CC3)c(=O)cc2n1. The predicted octanol–water partition coefficient (Wildman–Crippen LogP) is 5.37. The highest BCUT2D eigenvalue weighted by molar-refractivity contribution is 5.91. The lowest BCUT2D eigenvalue weighted by Crippen LogP contribution is -2.33.